The minimum atomic E-state index is -0.178. The van der Waals surface area contributed by atoms with Gasteiger partial charge in [0.1, 0.15) is 5.82 Å². The number of carbonyl (C=O) groups is 1. The van der Waals surface area contributed by atoms with Gasteiger partial charge >= 0.3 is 0 Å². The third kappa shape index (κ3) is 3.57. The summed E-state index contributed by atoms with van der Waals surface area (Å²) in [6.45, 7) is 4.03. The smallest absolute Gasteiger partial charge is 0.249 e. The highest BCUT2D eigenvalue weighted by atomic mass is 79.9. The molecule has 104 valence electrons. The second-order valence-electron chi connectivity index (χ2n) is 4.60. The van der Waals surface area contributed by atoms with E-state index in [1.807, 2.05) is 38.1 Å². The number of nitrogens with zero attached hydrogens (tertiary/aromatic N) is 2. The summed E-state index contributed by atoms with van der Waals surface area (Å²) in [6.07, 6.45) is 4.96. The van der Waals surface area contributed by atoms with E-state index < -0.39 is 0 Å². The van der Waals surface area contributed by atoms with Crippen molar-refractivity contribution >= 4 is 33.7 Å². The molecule has 1 N–H and O–H groups in total. The van der Waals surface area contributed by atoms with Crippen molar-refractivity contribution in [3.63, 3.8) is 0 Å². The van der Waals surface area contributed by atoms with Gasteiger partial charge in [-0.3, -0.25) is 4.79 Å². The highest BCUT2D eigenvalue weighted by molar-refractivity contribution is 9.10. The van der Waals surface area contributed by atoms with Gasteiger partial charge in [0.2, 0.25) is 5.91 Å². The number of hydrogen-bond donors (Lipinski definition) is 1. The van der Waals surface area contributed by atoms with Gasteiger partial charge < -0.3 is 5.32 Å². The van der Waals surface area contributed by atoms with Crippen LogP contribution in [0.25, 0.3) is 6.08 Å². The lowest BCUT2D eigenvalue weighted by atomic mass is 10.2. The lowest BCUT2D eigenvalue weighted by Crippen LogP contribution is -2.14. The zero-order chi connectivity index (χ0) is 14.5. The van der Waals surface area contributed by atoms with Crippen molar-refractivity contribution in [2.45, 2.75) is 19.9 Å². The van der Waals surface area contributed by atoms with E-state index in [1.165, 1.54) is 6.08 Å². The first kappa shape index (κ1) is 14.5. The van der Waals surface area contributed by atoms with Gasteiger partial charge in [-0.05, 0) is 31.6 Å². The van der Waals surface area contributed by atoms with Crippen LogP contribution in [-0.4, -0.2) is 15.7 Å². The second-order valence-corrected chi connectivity index (χ2v) is 5.45. The molecule has 0 radical (unpaired) electrons. The molecule has 0 spiro atoms. The molecule has 0 saturated carbocycles. The minimum Gasteiger partial charge on any atom is -0.307 e. The number of rotatable bonds is 4. The Hall–Kier alpha value is -1.88. The maximum atomic E-state index is 11.9. The van der Waals surface area contributed by atoms with Crippen molar-refractivity contribution in [1.29, 1.82) is 0 Å². The molecular formula is C15H16BrN3O. The Kier molecular flexibility index (Phi) is 4.74. The van der Waals surface area contributed by atoms with Crippen molar-refractivity contribution in [2.75, 3.05) is 5.32 Å². The molecule has 20 heavy (non-hydrogen) atoms. The Balaban J connectivity index is 2.06. The van der Waals surface area contributed by atoms with Crippen LogP contribution in [0.2, 0.25) is 0 Å². The Bertz CT molecular complexity index is 632. The molecule has 2 aromatic rings. The summed E-state index contributed by atoms with van der Waals surface area (Å²) < 4.78 is 2.72. The van der Waals surface area contributed by atoms with Crippen molar-refractivity contribution in [3.8, 4) is 0 Å². The third-order valence-corrected chi connectivity index (χ3v) is 3.45. The molecule has 1 amide bonds. The number of anilines is 1. The zero-order valence-electron chi connectivity index (χ0n) is 11.4. The number of nitrogens with one attached hydrogen (secondary N) is 1. The molecule has 0 aliphatic rings. The highest BCUT2D eigenvalue weighted by Gasteiger charge is 2.07. The largest absolute Gasteiger partial charge is 0.307 e. The Morgan fingerprint density at radius 1 is 1.35 bits per heavy atom. The van der Waals surface area contributed by atoms with Gasteiger partial charge in [0, 0.05) is 22.7 Å². The fraction of sp³-hybridized carbons (Fsp3) is 0.200. The third-order valence-electron chi connectivity index (χ3n) is 2.73. The molecule has 2 rings (SSSR count). The Labute approximate surface area is 126 Å². The number of aromatic nitrogens is 2. The van der Waals surface area contributed by atoms with Crippen molar-refractivity contribution in [3.05, 3.63) is 52.6 Å². The van der Waals surface area contributed by atoms with Crippen LogP contribution >= 0.6 is 15.9 Å². The van der Waals surface area contributed by atoms with Gasteiger partial charge in [-0.2, -0.15) is 5.10 Å². The van der Waals surface area contributed by atoms with Crippen molar-refractivity contribution in [1.82, 2.24) is 9.78 Å². The molecule has 0 fully saturated rings. The number of hydrogen-bond acceptors (Lipinski definition) is 2. The molecule has 4 nitrogen and oxygen atoms in total. The fourth-order valence-electron chi connectivity index (χ4n) is 1.77. The first-order chi connectivity index (χ1) is 9.58. The topological polar surface area (TPSA) is 46.9 Å². The van der Waals surface area contributed by atoms with Gasteiger partial charge in [0.15, 0.2) is 0 Å². The van der Waals surface area contributed by atoms with E-state index in [0.717, 1.165) is 10.0 Å². The van der Waals surface area contributed by atoms with Crippen LogP contribution in [0.3, 0.4) is 0 Å². The number of halogens is 1. The molecular weight excluding hydrogens is 318 g/mol. The predicted molar refractivity (Wildman–Crippen MR) is 84.4 cm³/mol. The van der Waals surface area contributed by atoms with Gasteiger partial charge in [-0.25, -0.2) is 4.68 Å². The van der Waals surface area contributed by atoms with Crippen LogP contribution < -0.4 is 5.32 Å². The van der Waals surface area contributed by atoms with Crippen LogP contribution in [0.4, 0.5) is 5.82 Å². The maximum Gasteiger partial charge on any atom is 0.249 e. The normalized spacial score (nSPS) is 11.2. The van der Waals surface area contributed by atoms with E-state index >= 15 is 0 Å². The summed E-state index contributed by atoms with van der Waals surface area (Å²) in [5.74, 6) is 0.518. The van der Waals surface area contributed by atoms with Gasteiger partial charge in [0.05, 0.1) is 6.20 Å². The van der Waals surface area contributed by atoms with E-state index in [4.69, 9.17) is 0 Å². The number of amides is 1. The molecule has 5 heteroatoms. The van der Waals surface area contributed by atoms with Gasteiger partial charge in [-0.1, -0.05) is 34.1 Å². The van der Waals surface area contributed by atoms with Crippen molar-refractivity contribution in [2.24, 2.45) is 0 Å². The maximum absolute atomic E-state index is 11.9. The molecule has 0 unspecified atom stereocenters. The van der Waals surface area contributed by atoms with Crippen LogP contribution in [0, 0.1) is 0 Å². The van der Waals surface area contributed by atoms with E-state index in [0.29, 0.717) is 5.82 Å². The highest BCUT2D eigenvalue weighted by Crippen LogP contribution is 2.17. The molecule has 0 saturated heterocycles. The average Bonchev–Trinajstić information content (AvgIpc) is 2.86. The number of carbonyl (C=O) groups excluding carboxylic acids is 1. The molecule has 0 atom stereocenters. The Morgan fingerprint density at radius 3 is 2.80 bits per heavy atom. The summed E-state index contributed by atoms with van der Waals surface area (Å²) in [7, 11) is 0. The summed E-state index contributed by atoms with van der Waals surface area (Å²) >= 11 is 3.44. The molecule has 0 aliphatic carbocycles. The van der Waals surface area contributed by atoms with Gasteiger partial charge in [0.25, 0.3) is 0 Å². The van der Waals surface area contributed by atoms with E-state index in [1.54, 1.807) is 23.0 Å². The quantitative estimate of drug-likeness (QED) is 0.863. The summed E-state index contributed by atoms with van der Waals surface area (Å²) in [5.41, 5.74) is 0.958. The fourth-order valence-corrected chi connectivity index (χ4v) is 2.19. The standard InChI is InChI=1S/C15H16BrN3O/c1-11(2)19-14(9-10-17-19)18-15(20)8-7-12-5-3-4-6-13(12)16/h3-11H,1-2H3,(H,18,20). The lowest BCUT2D eigenvalue weighted by molar-refractivity contribution is -0.111. The summed E-state index contributed by atoms with van der Waals surface area (Å²) in [6, 6.07) is 9.72. The molecule has 0 bridgehead atoms. The van der Waals surface area contributed by atoms with Crippen molar-refractivity contribution < 1.29 is 4.79 Å². The van der Waals surface area contributed by atoms with E-state index in [2.05, 4.69) is 26.3 Å². The van der Waals surface area contributed by atoms with Crippen LogP contribution in [0.15, 0.2) is 47.1 Å². The Morgan fingerprint density at radius 2 is 2.10 bits per heavy atom. The van der Waals surface area contributed by atoms with Crippen LogP contribution in [-0.2, 0) is 4.79 Å². The summed E-state index contributed by atoms with van der Waals surface area (Å²) in [4.78, 5) is 11.9. The minimum absolute atomic E-state index is 0.178. The average molecular weight is 334 g/mol. The monoisotopic (exact) mass is 333 g/mol. The predicted octanol–water partition coefficient (Wildman–Crippen LogP) is 3.88. The number of benzene rings is 1. The first-order valence-corrected chi connectivity index (χ1v) is 7.14. The summed E-state index contributed by atoms with van der Waals surface area (Å²) in [5, 5.41) is 6.99. The van der Waals surface area contributed by atoms with Crippen LogP contribution in [0.5, 0.6) is 0 Å². The first-order valence-electron chi connectivity index (χ1n) is 6.35. The van der Waals surface area contributed by atoms with E-state index in [-0.39, 0.29) is 11.9 Å². The molecule has 1 aromatic heterocycles. The van der Waals surface area contributed by atoms with Gasteiger partial charge in [-0.15, -0.1) is 0 Å². The SMILES string of the molecule is CC(C)n1nccc1NC(=O)C=Cc1ccccc1Br. The molecule has 1 heterocycles. The second kappa shape index (κ2) is 6.52. The van der Waals surface area contributed by atoms with Crippen LogP contribution in [0.1, 0.15) is 25.5 Å². The lowest BCUT2D eigenvalue weighted by Gasteiger charge is -2.10. The zero-order valence-corrected chi connectivity index (χ0v) is 13.0. The molecule has 1 aromatic carbocycles. The van der Waals surface area contributed by atoms with E-state index in [9.17, 15) is 4.79 Å². The molecule has 0 aliphatic heterocycles.